The number of carbonyl (C=O) groups excluding carboxylic acids is 2. The summed E-state index contributed by atoms with van der Waals surface area (Å²) in [5, 5.41) is 13.0. The average Bonchev–Trinajstić information content (AvgIpc) is 2.55. The lowest BCUT2D eigenvalue weighted by Crippen LogP contribution is -2.49. The van der Waals surface area contributed by atoms with Crippen LogP contribution in [0.1, 0.15) is 32.1 Å². The van der Waals surface area contributed by atoms with Gasteiger partial charge in [-0.2, -0.15) is 0 Å². The maximum Gasteiger partial charge on any atom is 0.223 e. The lowest BCUT2D eigenvalue weighted by molar-refractivity contribution is -0.138. The van der Waals surface area contributed by atoms with E-state index in [1.807, 2.05) is 0 Å². The zero-order valence-electron chi connectivity index (χ0n) is 12.1. The summed E-state index contributed by atoms with van der Waals surface area (Å²) in [7, 11) is 1.53. The number of hydrogen-bond acceptors (Lipinski definition) is 4. The van der Waals surface area contributed by atoms with Crippen molar-refractivity contribution >= 4 is 11.8 Å². The van der Waals surface area contributed by atoms with E-state index in [1.165, 1.54) is 13.5 Å². The van der Waals surface area contributed by atoms with Gasteiger partial charge >= 0.3 is 0 Å². The minimum atomic E-state index is -1.29. The first-order chi connectivity index (χ1) is 9.52. The highest BCUT2D eigenvalue weighted by Crippen LogP contribution is 2.30. The normalized spacial score (nSPS) is 27.6. The summed E-state index contributed by atoms with van der Waals surface area (Å²) in [6, 6.07) is 0. The molecule has 1 saturated heterocycles. The second kappa shape index (κ2) is 6.54. The summed E-state index contributed by atoms with van der Waals surface area (Å²) >= 11 is 0. The van der Waals surface area contributed by atoms with Crippen LogP contribution in [0.5, 0.6) is 0 Å². The van der Waals surface area contributed by atoms with Crippen LogP contribution in [0, 0.1) is 5.92 Å². The van der Waals surface area contributed by atoms with Crippen LogP contribution in [0.15, 0.2) is 0 Å². The topological polar surface area (TPSA) is 78.9 Å². The van der Waals surface area contributed by atoms with Crippen LogP contribution in [0.3, 0.4) is 0 Å². The summed E-state index contributed by atoms with van der Waals surface area (Å²) in [5.74, 6) is 0.318. The van der Waals surface area contributed by atoms with Crippen molar-refractivity contribution in [2.75, 3.05) is 33.4 Å². The molecule has 1 aliphatic carbocycles. The van der Waals surface area contributed by atoms with Crippen LogP contribution in [0.2, 0.25) is 0 Å². The van der Waals surface area contributed by atoms with Gasteiger partial charge in [-0.05, 0) is 18.8 Å². The first-order valence-electron chi connectivity index (χ1n) is 7.31. The Morgan fingerprint density at radius 3 is 2.80 bits per heavy atom. The predicted octanol–water partition coefficient (Wildman–Crippen LogP) is -0.0974. The highest BCUT2D eigenvalue weighted by molar-refractivity contribution is 5.78. The molecule has 1 atom stereocenters. The van der Waals surface area contributed by atoms with Gasteiger partial charge in [0.15, 0.2) is 0 Å². The SMILES string of the molecule is CNC(=O)CC1(O)COCCN(C(=O)CC2CCC2)C1. The van der Waals surface area contributed by atoms with Gasteiger partial charge in [0.25, 0.3) is 0 Å². The van der Waals surface area contributed by atoms with Crippen molar-refractivity contribution in [2.24, 2.45) is 5.92 Å². The molecular weight excluding hydrogens is 260 g/mol. The summed E-state index contributed by atoms with van der Waals surface area (Å²) in [4.78, 5) is 25.4. The van der Waals surface area contributed by atoms with Crippen molar-refractivity contribution in [3.05, 3.63) is 0 Å². The Morgan fingerprint density at radius 2 is 2.20 bits per heavy atom. The zero-order valence-corrected chi connectivity index (χ0v) is 12.1. The molecular formula is C14H24N2O4. The maximum atomic E-state index is 12.3. The summed E-state index contributed by atoms with van der Waals surface area (Å²) < 4.78 is 5.36. The van der Waals surface area contributed by atoms with E-state index < -0.39 is 5.60 Å². The summed E-state index contributed by atoms with van der Waals surface area (Å²) in [6.07, 6.45) is 3.96. The van der Waals surface area contributed by atoms with Gasteiger partial charge in [-0.25, -0.2) is 0 Å². The van der Waals surface area contributed by atoms with Crippen LogP contribution >= 0.6 is 0 Å². The van der Waals surface area contributed by atoms with E-state index in [0.717, 1.165) is 12.8 Å². The molecule has 6 heteroatoms. The van der Waals surface area contributed by atoms with Crippen molar-refractivity contribution < 1.29 is 19.4 Å². The van der Waals surface area contributed by atoms with Crippen molar-refractivity contribution in [1.29, 1.82) is 0 Å². The van der Waals surface area contributed by atoms with Crippen LogP contribution in [-0.4, -0.2) is 60.8 Å². The molecule has 0 spiro atoms. The minimum Gasteiger partial charge on any atom is -0.385 e. The molecule has 2 aliphatic rings. The molecule has 2 amide bonds. The molecule has 6 nitrogen and oxygen atoms in total. The quantitative estimate of drug-likeness (QED) is 0.756. The van der Waals surface area contributed by atoms with E-state index in [1.54, 1.807) is 4.90 Å². The first-order valence-corrected chi connectivity index (χ1v) is 7.31. The number of aliphatic hydroxyl groups is 1. The fourth-order valence-electron chi connectivity index (χ4n) is 2.70. The molecule has 1 saturated carbocycles. The number of ether oxygens (including phenoxy) is 1. The van der Waals surface area contributed by atoms with E-state index in [0.29, 0.717) is 25.5 Å². The van der Waals surface area contributed by atoms with Crippen LogP contribution in [0.4, 0.5) is 0 Å². The number of nitrogens with zero attached hydrogens (tertiary/aromatic N) is 1. The minimum absolute atomic E-state index is 0.0449. The standard InChI is InChI=1S/C14H24N2O4/c1-15-12(17)8-14(19)9-16(5-6-20-10-14)13(18)7-11-3-2-4-11/h11,19H,2-10H2,1H3,(H,15,17). The van der Waals surface area contributed by atoms with E-state index >= 15 is 0 Å². The lowest BCUT2D eigenvalue weighted by atomic mass is 9.82. The second-order valence-corrected chi connectivity index (χ2v) is 5.94. The third kappa shape index (κ3) is 3.93. The van der Waals surface area contributed by atoms with Gasteiger partial charge in [0, 0.05) is 20.0 Å². The molecule has 0 aromatic carbocycles. The maximum absolute atomic E-state index is 12.3. The molecule has 20 heavy (non-hydrogen) atoms. The molecule has 2 fully saturated rings. The van der Waals surface area contributed by atoms with Gasteiger partial charge in [-0.15, -0.1) is 0 Å². The number of nitrogens with one attached hydrogen (secondary N) is 1. The third-order valence-corrected chi connectivity index (χ3v) is 4.17. The summed E-state index contributed by atoms with van der Waals surface area (Å²) in [5.41, 5.74) is -1.29. The fourth-order valence-corrected chi connectivity index (χ4v) is 2.70. The van der Waals surface area contributed by atoms with Gasteiger partial charge in [-0.3, -0.25) is 9.59 Å². The monoisotopic (exact) mass is 284 g/mol. The Hall–Kier alpha value is -1.14. The van der Waals surface area contributed by atoms with Crippen LogP contribution < -0.4 is 5.32 Å². The van der Waals surface area contributed by atoms with Crippen LogP contribution in [0.25, 0.3) is 0 Å². The van der Waals surface area contributed by atoms with Crippen LogP contribution in [-0.2, 0) is 14.3 Å². The van der Waals surface area contributed by atoms with Gasteiger partial charge in [-0.1, -0.05) is 6.42 Å². The van der Waals surface area contributed by atoms with E-state index in [9.17, 15) is 14.7 Å². The fraction of sp³-hybridized carbons (Fsp3) is 0.857. The Bertz CT molecular complexity index is 370. The van der Waals surface area contributed by atoms with E-state index in [2.05, 4.69) is 5.32 Å². The van der Waals surface area contributed by atoms with Crippen molar-refractivity contribution in [3.63, 3.8) is 0 Å². The Balaban J connectivity index is 1.94. The summed E-state index contributed by atoms with van der Waals surface area (Å²) in [6.45, 7) is 1.16. The molecule has 1 heterocycles. The number of carbonyl (C=O) groups is 2. The largest absolute Gasteiger partial charge is 0.385 e. The first kappa shape index (κ1) is 15.3. The number of amides is 2. The van der Waals surface area contributed by atoms with Gasteiger partial charge in [0.05, 0.1) is 26.2 Å². The number of β-amino-alcohol motifs (C(OH)–C–C–N with tert-alkyl or cyclic N) is 1. The average molecular weight is 284 g/mol. The molecule has 0 aromatic rings. The lowest BCUT2D eigenvalue weighted by Gasteiger charge is -2.32. The highest BCUT2D eigenvalue weighted by atomic mass is 16.5. The van der Waals surface area contributed by atoms with Crippen molar-refractivity contribution in [1.82, 2.24) is 10.2 Å². The molecule has 0 aromatic heterocycles. The smallest absolute Gasteiger partial charge is 0.223 e. The second-order valence-electron chi connectivity index (χ2n) is 5.94. The molecule has 114 valence electrons. The van der Waals surface area contributed by atoms with Gasteiger partial charge < -0.3 is 20.1 Å². The van der Waals surface area contributed by atoms with Crippen molar-refractivity contribution in [3.8, 4) is 0 Å². The number of hydrogen-bond donors (Lipinski definition) is 2. The van der Waals surface area contributed by atoms with Crippen molar-refractivity contribution in [2.45, 2.75) is 37.7 Å². The van der Waals surface area contributed by atoms with E-state index in [-0.39, 0.29) is 31.4 Å². The molecule has 0 bridgehead atoms. The molecule has 2 rings (SSSR count). The Morgan fingerprint density at radius 1 is 1.45 bits per heavy atom. The molecule has 1 aliphatic heterocycles. The van der Waals surface area contributed by atoms with Gasteiger partial charge in [0.2, 0.25) is 11.8 Å². The predicted molar refractivity (Wildman–Crippen MR) is 73.0 cm³/mol. The number of rotatable bonds is 4. The molecule has 1 unspecified atom stereocenters. The van der Waals surface area contributed by atoms with Gasteiger partial charge in [0.1, 0.15) is 5.60 Å². The zero-order chi connectivity index (χ0) is 14.6. The Labute approximate surface area is 119 Å². The highest BCUT2D eigenvalue weighted by Gasteiger charge is 2.36. The molecule has 2 N–H and O–H groups in total. The molecule has 0 radical (unpaired) electrons. The third-order valence-electron chi connectivity index (χ3n) is 4.17. The Kier molecular flexibility index (Phi) is 4.99. The van der Waals surface area contributed by atoms with E-state index in [4.69, 9.17) is 4.74 Å².